The highest BCUT2D eigenvalue weighted by Gasteiger charge is 2.42. The maximum Gasteiger partial charge on any atom is 0.258 e. The molecule has 2 aromatic carbocycles. The molecule has 0 bridgehead atoms. The third-order valence-electron chi connectivity index (χ3n) is 5.43. The van der Waals surface area contributed by atoms with E-state index in [1.807, 2.05) is 41.3 Å². The second-order valence-corrected chi connectivity index (χ2v) is 7.64. The molecule has 1 aliphatic rings. The van der Waals surface area contributed by atoms with Gasteiger partial charge in [0.25, 0.3) is 5.91 Å². The molecule has 1 atom stereocenters. The minimum absolute atomic E-state index is 0.0737. The van der Waals surface area contributed by atoms with Gasteiger partial charge in [-0.2, -0.15) is 0 Å². The van der Waals surface area contributed by atoms with Crippen molar-refractivity contribution in [3.05, 3.63) is 59.7 Å². The van der Waals surface area contributed by atoms with Crippen LogP contribution in [0, 0.1) is 0 Å². The van der Waals surface area contributed by atoms with E-state index < -0.39 is 5.66 Å². The van der Waals surface area contributed by atoms with Crippen molar-refractivity contribution in [2.24, 2.45) is 0 Å². The van der Waals surface area contributed by atoms with Crippen LogP contribution < -0.4 is 10.1 Å². The van der Waals surface area contributed by atoms with Gasteiger partial charge in [-0.25, -0.2) is 0 Å². The summed E-state index contributed by atoms with van der Waals surface area (Å²) in [4.78, 5) is 15.1. The second-order valence-electron chi connectivity index (χ2n) is 7.64. The first kappa shape index (κ1) is 20.2. The first-order valence-electron chi connectivity index (χ1n) is 10.5. The van der Waals surface area contributed by atoms with E-state index in [9.17, 15) is 4.79 Å². The SMILES string of the molecule is CCCCCCOc1cccc(C2(C)Nc3ccccc3C(=O)N2CCC)c1. The Balaban J connectivity index is 1.85. The zero-order valence-corrected chi connectivity index (χ0v) is 17.3. The first-order valence-corrected chi connectivity index (χ1v) is 10.5. The van der Waals surface area contributed by atoms with E-state index in [1.165, 1.54) is 19.3 Å². The number of amides is 1. The number of hydrogen-bond acceptors (Lipinski definition) is 3. The molecule has 4 heteroatoms. The Kier molecular flexibility index (Phi) is 6.61. The molecule has 1 unspecified atom stereocenters. The van der Waals surface area contributed by atoms with Crippen molar-refractivity contribution in [2.75, 3.05) is 18.5 Å². The number of anilines is 1. The van der Waals surface area contributed by atoms with Crippen LogP contribution in [0.15, 0.2) is 48.5 Å². The lowest BCUT2D eigenvalue weighted by molar-refractivity contribution is 0.0535. The maximum atomic E-state index is 13.2. The van der Waals surface area contributed by atoms with Crippen LogP contribution in [0.25, 0.3) is 0 Å². The smallest absolute Gasteiger partial charge is 0.258 e. The molecule has 0 aliphatic carbocycles. The highest BCUT2D eigenvalue weighted by Crippen LogP contribution is 2.38. The van der Waals surface area contributed by atoms with E-state index in [0.717, 1.165) is 42.0 Å². The second kappa shape index (κ2) is 9.13. The predicted molar refractivity (Wildman–Crippen MR) is 115 cm³/mol. The van der Waals surface area contributed by atoms with E-state index in [1.54, 1.807) is 0 Å². The topological polar surface area (TPSA) is 41.6 Å². The Hall–Kier alpha value is -2.49. The number of rotatable bonds is 9. The quantitative estimate of drug-likeness (QED) is 0.559. The van der Waals surface area contributed by atoms with Gasteiger partial charge in [0, 0.05) is 17.8 Å². The number of benzene rings is 2. The lowest BCUT2D eigenvalue weighted by Gasteiger charge is -2.46. The maximum absolute atomic E-state index is 13.2. The average Bonchev–Trinajstić information content (AvgIpc) is 2.71. The molecule has 1 aliphatic heterocycles. The van der Waals surface area contributed by atoms with Crippen LogP contribution in [0.4, 0.5) is 5.69 Å². The van der Waals surface area contributed by atoms with E-state index in [0.29, 0.717) is 6.54 Å². The third kappa shape index (κ3) is 4.16. The van der Waals surface area contributed by atoms with Gasteiger partial charge < -0.3 is 15.0 Å². The fourth-order valence-electron chi connectivity index (χ4n) is 3.84. The number of carbonyl (C=O) groups is 1. The summed E-state index contributed by atoms with van der Waals surface area (Å²) in [5.41, 5.74) is 2.04. The molecule has 1 N–H and O–H groups in total. The molecule has 4 nitrogen and oxygen atoms in total. The van der Waals surface area contributed by atoms with Gasteiger partial charge in [-0.15, -0.1) is 0 Å². The number of nitrogens with zero attached hydrogens (tertiary/aromatic N) is 1. The Labute approximate surface area is 168 Å². The van der Waals surface area contributed by atoms with Crippen LogP contribution in [-0.4, -0.2) is 24.0 Å². The van der Waals surface area contributed by atoms with Crippen LogP contribution in [0.1, 0.15) is 68.8 Å². The van der Waals surface area contributed by atoms with Crippen molar-refractivity contribution in [2.45, 2.75) is 58.5 Å². The molecule has 0 spiro atoms. The molecule has 150 valence electrons. The summed E-state index contributed by atoms with van der Waals surface area (Å²) in [5.74, 6) is 0.935. The van der Waals surface area contributed by atoms with Gasteiger partial charge in [-0.05, 0) is 44.0 Å². The molecule has 0 saturated heterocycles. The minimum Gasteiger partial charge on any atom is -0.494 e. The molecule has 1 amide bonds. The molecule has 0 saturated carbocycles. The summed E-state index contributed by atoms with van der Waals surface area (Å²) in [6, 6.07) is 15.9. The monoisotopic (exact) mass is 380 g/mol. The Morgan fingerprint density at radius 1 is 1.00 bits per heavy atom. The number of nitrogens with one attached hydrogen (secondary N) is 1. The van der Waals surface area contributed by atoms with Crippen LogP contribution in [-0.2, 0) is 5.66 Å². The Morgan fingerprint density at radius 2 is 1.82 bits per heavy atom. The predicted octanol–water partition coefficient (Wildman–Crippen LogP) is 5.80. The van der Waals surface area contributed by atoms with Crippen LogP contribution >= 0.6 is 0 Å². The number of unbranched alkanes of at least 4 members (excludes halogenated alkanes) is 3. The van der Waals surface area contributed by atoms with Crippen LogP contribution in [0.5, 0.6) is 5.75 Å². The van der Waals surface area contributed by atoms with Crippen molar-refractivity contribution in [3.8, 4) is 5.75 Å². The van der Waals surface area contributed by atoms with Crippen LogP contribution in [0.3, 0.4) is 0 Å². The molecule has 0 aromatic heterocycles. The molecule has 0 radical (unpaired) electrons. The Bertz CT molecular complexity index is 805. The molecule has 0 fully saturated rings. The Morgan fingerprint density at radius 3 is 2.61 bits per heavy atom. The van der Waals surface area contributed by atoms with Gasteiger partial charge in [-0.3, -0.25) is 4.79 Å². The lowest BCUT2D eigenvalue weighted by Crippen LogP contribution is -2.56. The first-order chi connectivity index (χ1) is 13.6. The van der Waals surface area contributed by atoms with Crippen LogP contribution in [0.2, 0.25) is 0 Å². The average molecular weight is 381 g/mol. The molecule has 3 rings (SSSR count). The summed E-state index contributed by atoms with van der Waals surface area (Å²) >= 11 is 0. The molecule has 2 aromatic rings. The highest BCUT2D eigenvalue weighted by molar-refractivity contribution is 6.02. The zero-order chi connectivity index (χ0) is 20.0. The molecule has 1 heterocycles. The summed E-state index contributed by atoms with van der Waals surface area (Å²) in [5, 5.41) is 3.62. The van der Waals surface area contributed by atoms with Gasteiger partial charge >= 0.3 is 0 Å². The van der Waals surface area contributed by atoms with Crippen molar-refractivity contribution in [3.63, 3.8) is 0 Å². The number of carbonyl (C=O) groups excluding carboxylic acids is 1. The van der Waals surface area contributed by atoms with Crippen molar-refractivity contribution in [1.29, 1.82) is 0 Å². The fourth-order valence-corrected chi connectivity index (χ4v) is 3.84. The van der Waals surface area contributed by atoms with E-state index >= 15 is 0 Å². The third-order valence-corrected chi connectivity index (χ3v) is 5.43. The fraction of sp³-hybridized carbons (Fsp3) is 0.458. The molecular formula is C24H32N2O2. The lowest BCUT2D eigenvalue weighted by atomic mass is 9.93. The number of ether oxygens (including phenoxy) is 1. The summed E-state index contributed by atoms with van der Waals surface area (Å²) in [7, 11) is 0. The summed E-state index contributed by atoms with van der Waals surface area (Å²) in [6.45, 7) is 7.82. The summed E-state index contributed by atoms with van der Waals surface area (Å²) < 4.78 is 5.99. The van der Waals surface area contributed by atoms with E-state index in [2.05, 4.69) is 38.2 Å². The van der Waals surface area contributed by atoms with Crippen molar-refractivity contribution < 1.29 is 9.53 Å². The van der Waals surface area contributed by atoms with Gasteiger partial charge in [0.2, 0.25) is 0 Å². The van der Waals surface area contributed by atoms with Gasteiger partial charge in [0.05, 0.1) is 12.2 Å². The van der Waals surface area contributed by atoms with Gasteiger partial charge in [0.15, 0.2) is 0 Å². The zero-order valence-electron chi connectivity index (χ0n) is 17.3. The summed E-state index contributed by atoms with van der Waals surface area (Å²) in [6.07, 6.45) is 5.65. The normalized spacial score (nSPS) is 18.5. The van der Waals surface area contributed by atoms with Gasteiger partial charge in [0.1, 0.15) is 11.4 Å². The number of para-hydroxylation sites is 1. The minimum atomic E-state index is -0.608. The van der Waals surface area contributed by atoms with Crippen molar-refractivity contribution in [1.82, 2.24) is 4.90 Å². The standard InChI is InChI=1S/C24H32N2O2/c1-4-6-7-10-17-28-20-13-11-12-19(18-20)24(3)25-22-15-9-8-14-21(22)23(27)26(24)16-5-2/h8-9,11-15,18,25H,4-7,10,16-17H2,1-3H3. The number of hydrogen-bond donors (Lipinski definition) is 1. The van der Waals surface area contributed by atoms with E-state index in [4.69, 9.17) is 4.74 Å². The van der Waals surface area contributed by atoms with Gasteiger partial charge in [-0.1, -0.05) is 57.4 Å². The molecular weight excluding hydrogens is 348 g/mol. The molecule has 28 heavy (non-hydrogen) atoms. The van der Waals surface area contributed by atoms with E-state index in [-0.39, 0.29) is 5.91 Å². The van der Waals surface area contributed by atoms with Crippen molar-refractivity contribution >= 4 is 11.6 Å². The number of fused-ring (bicyclic) bond motifs is 1. The largest absolute Gasteiger partial charge is 0.494 e. The highest BCUT2D eigenvalue weighted by atomic mass is 16.5.